The maximum Gasteiger partial charge on any atom is 0.0954 e. The van der Waals surface area contributed by atoms with Gasteiger partial charge in [0.05, 0.1) is 12.0 Å². The molecule has 1 unspecified atom stereocenters. The van der Waals surface area contributed by atoms with E-state index in [2.05, 4.69) is 21.8 Å². The van der Waals surface area contributed by atoms with Crippen molar-refractivity contribution < 1.29 is 0 Å². The number of aromatic nitrogens is 2. The van der Waals surface area contributed by atoms with Gasteiger partial charge in [-0.25, -0.2) is 4.98 Å². The van der Waals surface area contributed by atoms with Gasteiger partial charge in [-0.05, 0) is 46.2 Å². The van der Waals surface area contributed by atoms with E-state index in [9.17, 15) is 0 Å². The van der Waals surface area contributed by atoms with Crippen molar-refractivity contribution in [2.24, 2.45) is 0 Å². The summed E-state index contributed by atoms with van der Waals surface area (Å²) in [6, 6.07) is 0.674. The molecule has 1 aliphatic rings. The van der Waals surface area contributed by atoms with Crippen molar-refractivity contribution in [1.29, 1.82) is 0 Å². The fraction of sp³-hybridized carbons (Fsp3) is 0.727. The van der Waals surface area contributed by atoms with Crippen LogP contribution in [0.3, 0.4) is 0 Å². The van der Waals surface area contributed by atoms with E-state index in [1.807, 2.05) is 13.4 Å². The maximum absolute atomic E-state index is 4.40. The van der Waals surface area contributed by atoms with Crippen molar-refractivity contribution in [3.63, 3.8) is 0 Å². The molecule has 3 nitrogen and oxygen atoms in total. The van der Waals surface area contributed by atoms with E-state index in [0.717, 1.165) is 6.54 Å². The number of rotatable bonds is 3. The molecule has 1 aromatic heterocycles. The van der Waals surface area contributed by atoms with Crippen molar-refractivity contribution in [2.45, 2.75) is 38.6 Å². The van der Waals surface area contributed by atoms with Crippen molar-refractivity contribution in [3.05, 3.63) is 17.7 Å². The van der Waals surface area contributed by atoms with Crippen LogP contribution in [-0.2, 0) is 6.42 Å². The molecule has 2 heterocycles. The summed E-state index contributed by atoms with van der Waals surface area (Å²) in [6.45, 7) is 3.22. The monoisotopic (exact) mass is 193 g/mol. The molecule has 0 bridgehead atoms. The fourth-order valence-corrected chi connectivity index (χ4v) is 2.34. The van der Waals surface area contributed by atoms with Crippen LogP contribution < -0.4 is 5.32 Å². The zero-order valence-corrected chi connectivity index (χ0v) is 9.08. The normalized spacial score (nSPS) is 20.9. The first kappa shape index (κ1) is 9.71. The fourth-order valence-electron chi connectivity index (χ4n) is 2.34. The van der Waals surface area contributed by atoms with Gasteiger partial charge in [0.1, 0.15) is 0 Å². The molecule has 0 spiro atoms. The SMILES string of the molecule is CNCCC1CCCc2c(C)ncn21. The Morgan fingerprint density at radius 3 is 3.29 bits per heavy atom. The van der Waals surface area contributed by atoms with Crippen LogP contribution in [0.4, 0.5) is 0 Å². The molecule has 1 aliphatic heterocycles. The summed E-state index contributed by atoms with van der Waals surface area (Å²) in [4.78, 5) is 4.40. The molecule has 1 aromatic rings. The topological polar surface area (TPSA) is 29.9 Å². The van der Waals surface area contributed by atoms with Crippen LogP contribution in [0, 0.1) is 6.92 Å². The van der Waals surface area contributed by atoms with E-state index in [0.29, 0.717) is 6.04 Å². The van der Waals surface area contributed by atoms with Crippen LogP contribution in [0.2, 0.25) is 0 Å². The molecule has 0 aliphatic carbocycles. The standard InChI is InChI=1S/C11H19N3/c1-9-11-5-3-4-10(6-7-12-2)14(11)8-13-9/h8,10,12H,3-7H2,1-2H3. The Morgan fingerprint density at radius 1 is 1.64 bits per heavy atom. The molecule has 1 N–H and O–H groups in total. The smallest absolute Gasteiger partial charge is 0.0954 e. The molecule has 1 atom stereocenters. The second-order valence-electron chi connectivity index (χ2n) is 4.12. The zero-order chi connectivity index (χ0) is 9.97. The Hall–Kier alpha value is -0.830. The summed E-state index contributed by atoms with van der Waals surface area (Å²) in [6.07, 6.45) is 7.08. The third-order valence-corrected chi connectivity index (χ3v) is 3.18. The predicted octanol–water partition coefficient (Wildman–Crippen LogP) is 1.68. The summed E-state index contributed by atoms with van der Waals surface area (Å²) in [5.41, 5.74) is 2.68. The van der Waals surface area contributed by atoms with E-state index in [1.165, 1.54) is 37.1 Å². The Balaban J connectivity index is 2.14. The Morgan fingerprint density at radius 2 is 2.50 bits per heavy atom. The van der Waals surface area contributed by atoms with Gasteiger partial charge >= 0.3 is 0 Å². The lowest BCUT2D eigenvalue weighted by Gasteiger charge is -2.25. The van der Waals surface area contributed by atoms with Gasteiger partial charge in [0.15, 0.2) is 0 Å². The van der Waals surface area contributed by atoms with Gasteiger partial charge in [-0.3, -0.25) is 0 Å². The second kappa shape index (κ2) is 4.13. The number of hydrogen-bond acceptors (Lipinski definition) is 2. The highest BCUT2D eigenvalue weighted by Crippen LogP contribution is 2.28. The van der Waals surface area contributed by atoms with Crippen LogP contribution in [-0.4, -0.2) is 23.1 Å². The largest absolute Gasteiger partial charge is 0.331 e. The highest BCUT2D eigenvalue weighted by molar-refractivity contribution is 5.14. The number of nitrogens with one attached hydrogen (secondary N) is 1. The summed E-state index contributed by atoms with van der Waals surface area (Å²) < 4.78 is 2.39. The maximum atomic E-state index is 4.40. The molecular formula is C11H19N3. The van der Waals surface area contributed by atoms with Gasteiger partial charge < -0.3 is 9.88 Å². The van der Waals surface area contributed by atoms with E-state index in [4.69, 9.17) is 0 Å². The van der Waals surface area contributed by atoms with E-state index in [-0.39, 0.29) is 0 Å². The summed E-state index contributed by atoms with van der Waals surface area (Å²) in [7, 11) is 2.02. The minimum Gasteiger partial charge on any atom is -0.331 e. The molecule has 0 saturated heterocycles. The van der Waals surface area contributed by atoms with Crippen LogP contribution in [0.15, 0.2) is 6.33 Å². The molecule has 14 heavy (non-hydrogen) atoms. The summed E-state index contributed by atoms with van der Waals surface area (Å²) in [5, 5.41) is 3.22. The summed E-state index contributed by atoms with van der Waals surface area (Å²) in [5.74, 6) is 0. The van der Waals surface area contributed by atoms with E-state index in [1.54, 1.807) is 0 Å². The Kier molecular flexibility index (Phi) is 2.87. The van der Waals surface area contributed by atoms with Crippen molar-refractivity contribution >= 4 is 0 Å². The molecule has 0 fully saturated rings. The van der Waals surface area contributed by atoms with Gasteiger partial charge in [0, 0.05) is 11.7 Å². The third kappa shape index (κ3) is 1.69. The average Bonchev–Trinajstić information content (AvgIpc) is 2.58. The predicted molar refractivity (Wildman–Crippen MR) is 57.5 cm³/mol. The number of imidazole rings is 1. The van der Waals surface area contributed by atoms with E-state index >= 15 is 0 Å². The first-order valence-electron chi connectivity index (χ1n) is 5.50. The van der Waals surface area contributed by atoms with Crippen LogP contribution in [0.25, 0.3) is 0 Å². The van der Waals surface area contributed by atoms with Gasteiger partial charge in [-0.1, -0.05) is 0 Å². The van der Waals surface area contributed by atoms with Gasteiger partial charge in [0.25, 0.3) is 0 Å². The van der Waals surface area contributed by atoms with Crippen LogP contribution >= 0.6 is 0 Å². The minimum atomic E-state index is 0.674. The van der Waals surface area contributed by atoms with E-state index < -0.39 is 0 Å². The number of nitrogens with zero attached hydrogens (tertiary/aromatic N) is 2. The van der Waals surface area contributed by atoms with Gasteiger partial charge in [-0.2, -0.15) is 0 Å². The highest BCUT2D eigenvalue weighted by Gasteiger charge is 2.20. The minimum absolute atomic E-state index is 0.674. The average molecular weight is 193 g/mol. The third-order valence-electron chi connectivity index (χ3n) is 3.18. The zero-order valence-electron chi connectivity index (χ0n) is 9.08. The van der Waals surface area contributed by atoms with Crippen molar-refractivity contribution in [1.82, 2.24) is 14.9 Å². The van der Waals surface area contributed by atoms with Crippen LogP contribution in [0.5, 0.6) is 0 Å². The number of fused-ring (bicyclic) bond motifs is 1. The summed E-state index contributed by atoms with van der Waals surface area (Å²) >= 11 is 0. The van der Waals surface area contributed by atoms with Gasteiger partial charge in [-0.15, -0.1) is 0 Å². The Bertz CT molecular complexity index is 303. The molecule has 0 saturated carbocycles. The molecule has 0 aromatic carbocycles. The lowest BCUT2D eigenvalue weighted by Crippen LogP contribution is -2.21. The molecule has 2 rings (SSSR count). The molecular weight excluding hydrogens is 174 g/mol. The highest BCUT2D eigenvalue weighted by atomic mass is 15.1. The quantitative estimate of drug-likeness (QED) is 0.791. The molecule has 3 heteroatoms. The first-order chi connectivity index (χ1) is 6.83. The molecule has 0 radical (unpaired) electrons. The lowest BCUT2D eigenvalue weighted by atomic mass is 9.99. The lowest BCUT2D eigenvalue weighted by molar-refractivity contribution is 0.375. The Labute approximate surface area is 85.5 Å². The molecule has 78 valence electrons. The van der Waals surface area contributed by atoms with Gasteiger partial charge in [0.2, 0.25) is 0 Å². The van der Waals surface area contributed by atoms with Crippen LogP contribution in [0.1, 0.15) is 36.7 Å². The molecule has 0 amide bonds. The number of hydrogen-bond donors (Lipinski definition) is 1. The van der Waals surface area contributed by atoms with Crippen molar-refractivity contribution in [3.8, 4) is 0 Å². The number of aryl methyl sites for hydroxylation is 1. The second-order valence-corrected chi connectivity index (χ2v) is 4.12. The first-order valence-corrected chi connectivity index (χ1v) is 5.50. The van der Waals surface area contributed by atoms with Crippen molar-refractivity contribution in [2.75, 3.05) is 13.6 Å².